The molecule has 8 heteroatoms. The second kappa shape index (κ2) is 8.16. The summed E-state index contributed by atoms with van der Waals surface area (Å²) < 4.78 is 27.4. The molecule has 1 heterocycles. The highest BCUT2D eigenvalue weighted by molar-refractivity contribution is 7.89. The van der Waals surface area contributed by atoms with Crippen LogP contribution in [0.4, 0.5) is 0 Å². The van der Waals surface area contributed by atoms with Crippen LogP contribution in [-0.4, -0.2) is 36.7 Å². The molecule has 0 bridgehead atoms. The van der Waals surface area contributed by atoms with E-state index in [2.05, 4.69) is 10.3 Å². The Labute approximate surface area is 162 Å². The van der Waals surface area contributed by atoms with Gasteiger partial charge in [-0.15, -0.1) is 11.3 Å². The van der Waals surface area contributed by atoms with Crippen LogP contribution >= 0.6 is 11.3 Å². The standard InChI is InChI=1S/C19H21N3O3S2/c1-3-22(4-2)27(24,25)15-11-9-14(10-12-15)19(23)20-13-18-21-16-7-5-6-8-17(16)26-18/h5-12H,3-4,13H2,1-2H3,(H,20,23). The monoisotopic (exact) mass is 403 g/mol. The second-order valence-electron chi connectivity index (χ2n) is 5.87. The average molecular weight is 404 g/mol. The fourth-order valence-corrected chi connectivity index (χ4v) is 5.11. The molecule has 27 heavy (non-hydrogen) atoms. The third-order valence-corrected chi connectivity index (χ3v) is 7.30. The zero-order chi connectivity index (χ0) is 19.4. The van der Waals surface area contributed by atoms with E-state index in [0.717, 1.165) is 15.2 Å². The quantitative estimate of drug-likeness (QED) is 0.657. The van der Waals surface area contributed by atoms with Crippen molar-refractivity contribution >= 4 is 37.5 Å². The van der Waals surface area contributed by atoms with Gasteiger partial charge in [-0.3, -0.25) is 4.79 Å². The molecule has 0 aliphatic heterocycles. The highest BCUT2D eigenvalue weighted by Gasteiger charge is 2.21. The van der Waals surface area contributed by atoms with E-state index in [1.54, 1.807) is 13.8 Å². The highest BCUT2D eigenvalue weighted by Crippen LogP contribution is 2.21. The summed E-state index contributed by atoms with van der Waals surface area (Å²) in [7, 11) is -3.52. The largest absolute Gasteiger partial charge is 0.346 e. The number of thiazole rings is 1. The van der Waals surface area contributed by atoms with Crippen LogP contribution in [0.5, 0.6) is 0 Å². The predicted molar refractivity (Wildman–Crippen MR) is 107 cm³/mol. The van der Waals surface area contributed by atoms with Gasteiger partial charge in [0.1, 0.15) is 5.01 Å². The molecule has 6 nitrogen and oxygen atoms in total. The number of hydrogen-bond donors (Lipinski definition) is 1. The molecule has 0 fully saturated rings. The smallest absolute Gasteiger partial charge is 0.251 e. The molecular formula is C19H21N3O3S2. The molecule has 0 unspecified atom stereocenters. The molecule has 0 aliphatic carbocycles. The number of amides is 1. The van der Waals surface area contributed by atoms with Gasteiger partial charge in [-0.05, 0) is 36.4 Å². The Kier molecular flexibility index (Phi) is 5.88. The van der Waals surface area contributed by atoms with Gasteiger partial charge in [-0.25, -0.2) is 13.4 Å². The lowest BCUT2D eigenvalue weighted by molar-refractivity contribution is 0.0951. The van der Waals surface area contributed by atoms with Crippen LogP contribution in [0.15, 0.2) is 53.4 Å². The van der Waals surface area contributed by atoms with Crippen molar-refractivity contribution in [3.05, 3.63) is 59.1 Å². The summed E-state index contributed by atoms with van der Waals surface area (Å²) in [6.07, 6.45) is 0. The van der Waals surface area contributed by atoms with Gasteiger partial charge in [0.05, 0.1) is 21.7 Å². The Bertz CT molecular complexity index is 1010. The van der Waals surface area contributed by atoms with Gasteiger partial charge >= 0.3 is 0 Å². The number of nitrogens with one attached hydrogen (secondary N) is 1. The molecule has 0 radical (unpaired) electrons. The lowest BCUT2D eigenvalue weighted by Crippen LogP contribution is -2.30. The Balaban J connectivity index is 1.68. The Hall–Kier alpha value is -2.29. The Morgan fingerprint density at radius 1 is 1.07 bits per heavy atom. The van der Waals surface area contributed by atoms with E-state index in [9.17, 15) is 13.2 Å². The predicted octanol–water partition coefficient (Wildman–Crippen LogP) is 3.26. The van der Waals surface area contributed by atoms with Crippen LogP contribution in [0.2, 0.25) is 0 Å². The van der Waals surface area contributed by atoms with E-state index in [-0.39, 0.29) is 10.8 Å². The topological polar surface area (TPSA) is 79.4 Å². The minimum atomic E-state index is -3.52. The first-order chi connectivity index (χ1) is 13.0. The molecule has 1 amide bonds. The number of para-hydroxylation sites is 1. The zero-order valence-electron chi connectivity index (χ0n) is 15.2. The van der Waals surface area contributed by atoms with Crippen LogP contribution in [0, 0.1) is 0 Å². The van der Waals surface area contributed by atoms with Gasteiger partial charge < -0.3 is 5.32 Å². The van der Waals surface area contributed by atoms with Crippen LogP contribution < -0.4 is 5.32 Å². The van der Waals surface area contributed by atoms with Gasteiger partial charge in [0.2, 0.25) is 10.0 Å². The summed E-state index contributed by atoms with van der Waals surface area (Å²) in [5.41, 5.74) is 1.33. The third-order valence-electron chi connectivity index (χ3n) is 4.20. The fourth-order valence-electron chi connectivity index (χ4n) is 2.74. The maximum atomic E-state index is 12.5. The molecule has 1 aromatic heterocycles. The van der Waals surface area contributed by atoms with Crippen molar-refractivity contribution in [3.8, 4) is 0 Å². The summed E-state index contributed by atoms with van der Waals surface area (Å²) in [4.78, 5) is 17.0. The van der Waals surface area contributed by atoms with Crippen molar-refractivity contribution in [3.63, 3.8) is 0 Å². The van der Waals surface area contributed by atoms with Crippen molar-refractivity contribution in [2.24, 2.45) is 0 Å². The Morgan fingerprint density at radius 2 is 1.74 bits per heavy atom. The highest BCUT2D eigenvalue weighted by atomic mass is 32.2. The summed E-state index contributed by atoms with van der Waals surface area (Å²) in [6.45, 7) is 4.74. The number of fused-ring (bicyclic) bond motifs is 1. The van der Waals surface area contributed by atoms with E-state index in [1.807, 2.05) is 24.3 Å². The van der Waals surface area contributed by atoms with Gasteiger partial charge in [0, 0.05) is 18.7 Å². The lowest BCUT2D eigenvalue weighted by Gasteiger charge is -2.18. The number of benzene rings is 2. The van der Waals surface area contributed by atoms with Gasteiger partial charge in [-0.2, -0.15) is 4.31 Å². The van der Waals surface area contributed by atoms with Crippen LogP contribution in [0.25, 0.3) is 10.2 Å². The number of nitrogens with zero attached hydrogens (tertiary/aromatic N) is 2. The zero-order valence-corrected chi connectivity index (χ0v) is 16.8. The van der Waals surface area contributed by atoms with Gasteiger partial charge in [-0.1, -0.05) is 26.0 Å². The molecular weight excluding hydrogens is 382 g/mol. The molecule has 0 spiro atoms. The number of aromatic nitrogens is 1. The number of carbonyl (C=O) groups excluding carboxylic acids is 1. The molecule has 142 valence electrons. The van der Waals surface area contributed by atoms with Crippen LogP contribution in [-0.2, 0) is 16.6 Å². The molecule has 0 atom stereocenters. The van der Waals surface area contributed by atoms with Gasteiger partial charge in [0.25, 0.3) is 5.91 Å². The molecule has 0 saturated heterocycles. The molecule has 0 saturated carbocycles. The van der Waals surface area contributed by atoms with Gasteiger partial charge in [0.15, 0.2) is 0 Å². The summed E-state index contributed by atoms with van der Waals surface area (Å²) in [5.74, 6) is -0.263. The SMILES string of the molecule is CCN(CC)S(=O)(=O)c1ccc(C(=O)NCc2nc3ccccc3s2)cc1. The maximum Gasteiger partial charge on any atom is 0.251 e. The molecule has 2 aromatic carbocycles. The number of carbonyl (C=O) groups is 1. The fraction of sp³-hybridized carbons (Fsp3) is 0.263. The van der Waals surface area contributed by atoms with Crippen molar-refractivity contribution < 1.29 is 13.2 Å². The first-order valence-electron chi connectivity index (χ1n) is 8.68. The first kappa shape index (κ1) is 19.5. The van der Waals surface area contributed by atoms with Crippen molar-refractivity contribution in [2.45, 2.75) is 25.3 Å². The van der Waals surface area contributed by atoms with E-state index in [1.165, 1.54) is 39.9 Å². The Morgan fingerprint density at radius 3 is 2.37 bits per heavy atom. The first-order valence-corrected chi connectivity index (χ1v) is 10.9. The number of rotatable bonds is 7. The summed E-state index contributed by atoms with van der Waals surface area (Å²) in [6, 6.07) is 13.8. The number of hydrogen-bond acceptors (Lipinski definition) is 5. The molecule has 3 rings (SSSR count). The molecule has 3 aromatic rings. The maximum absolute atomic E-state index is 12.5. The minimum Gasteiger partial charge on any atom is -0.346 e. The summed E-state index contributed by atoms with van der Waals surface area (Å²) >= 11 is 1.54. The second-order valence-corrected chi connectivity index (χ2v) is 8.92. The average Bonchev–Trinajstić information content (AvgIpc) is 3.10. The van der Waals surface area contributed by atoms with Crippen molar-refractivity contribution in [1.29, 1.82) is 0 Å². The molecule has 0 aliphatic rings. The van der Waals surface area contributed by atoms with Crippen LogP contribution in [0.3, 0.4) is 0 Å². The van der Waals surface area contributed by atoms with Crippen molar-refractivity contribution in [1.82, 2.24) is 14.6 Å². The minimum absolute atomic E-state index is 0.189. The van der Waals surface area contributed by atoms with E-state index in [4.69, 9.17) is 0 Å². The number of sulfonamides is 1. The molecule has 1 N–H and O–H groups in total. The third kappa shape index (κ3) is 4.18. The normalized spacial score (nSPS) is 11.8. The summed E-state index contributed by atoms with van der Waals surface area (Å²) in [5, 5.41) is 3.65. The lowest BCUT2D eigenvalue weighted by atomic mass is 10.2. The van der Waals surface area contributed by atoms with E-state index < -0.39 is 10.0 Å². The van der Waals surface area contributed by atoms with E-state index >= 15 is 0 Å². The van der Waals surface area contributed by atoms with Crippen molar-refractivity contribution in [2.75, 3.05) is 13.1 Å². The van der Waals surface area contributed by atoms with E-state index in [0.29, 0.717) is 25.2 Å². The van der Waals surface area contributed by atoms with Crippen LogP contribution in [0.1, 0.15) is 29.2 Å².